The first-order chi connectivity index (χ1) is 16.0. The quantitative estimate of drug-likeness (QED) is 0.284. The molecule has 1 N–H and O–H groups in total. The van der Waals surface area contributed by atoms with Crippen molar-refractivity contribution in [1.29, 1.82) is 0 Å². The van der Waals surface area contributed by atoms with Gasteiger partial charge in [0.1, 0.15) is 10.8 Å². The highest BCUT2D eigenvalue weighted by atomic mass is 32.1. The number of carbonyl (C=O) groups excluding carboxylic acids is 1. The molecule has 11 heteroatoms. The average Bonchev–Trinajstić information content (AvgIpc) is 3.55. The Kier molecular flexibility index (Phi) is 5.15. The number of nitrogens with one attached hydrogen (secondary N) is 1. The summed E-state index contributed by atoms with van der Waals surface area (Å²) in [6.07, 6.45) is 0.720. The molecule has 3 heterocycles. The minimum absolute atomic E-state index is 0.0416. The minimum Gasteiger partial charge on any atom is -0.451 e. The molecule has 5 rings (SSSR count). The lowest BCUT2D eigenvalue weighted by molar-refractivity contribution is -0.384. The van der Waals surface area contributed by atoms with Crippen LogP contribution >= 0.6 is 11.3 Å². The third-order valence-corrected chi connectivity index (χ3v) is 5.88. The number of nitro benzene ring substituents is 1. The van der Waals surface area contributed by atoms with Gasteiger partial charge >= 0.3 is 0 Å². The molecule has 0 spiro atoms. The fraction of sp³-hybridized carbons (Fsp3) is 0.0909. The number of fused-ring (bicyclic) bond motifs is 1. The summed E-state index contributed by atoms with van der Waals surface area (Å²) < 4.78 is 7.34. The molecule has 2 aromatic carbocycles. The van der Waals surface area contributed by atoms with E-state index in [1.54, 1.807) is 40.9 Å². The van der Waals surface area contributed by atoms with E-state index < -0.39 is 10.8 Å². The van der Waals surface area contributed by atoms with Crippen LogP contribution in [0.5, 0.6) is 0 Å². The van der Waals surface area contributed by atoms with Crippen LogP contribution in [0.2, 0.25) is 0 Å². The Hall–Kier alpha value is -4.38. The van der Waals surface area contributed by atoms with Gasteiger partial charge < -0.3 is 9.73 Å². The Morgan fingerprint density at radius 1 is 1.15 bits per heavy atom. The monoisotopic (exact) mass is 460 g/mol. The molecule has 0 aliphatic heterocycles. The van der Waals surface area contributed by atoms with Crippen molar-refractivity contribution in [2.45, 2.75) is 13.3 Å². The number of nitrogens with zero attached hydrogens (tertiary/aromatic N) is 5. The Bertz CT molecular complexity index is 1500. The Balaban J connectivity index is 1.38. The predicted octanol–water partition coefficient (Wildman–Crippen LogP) is 4.84. The lowest BCUT2D eigenvalue weighted by Gasteiger charge is -2.05. The number of para-hydroxylation sites is 1. The van der Waals surface area contributed by atoms with Crippen LogP contribution in [0.25, 0.3) is 26.9 Å². The number of benzene rings is 2. The van der Waals surface area contributed by atoms with Crippen LogP contribution in [-0.4, -0.2) is 30.6 Å². The molecule has 0 saturated heterocycles. The first-order valence-electron chi connectivity index (χ1n) is 10.00. The lowest BCUT2D eigenvalue weighted by Crippen LogP contribution is -2.10. The molecule has 0 saturated carbocycles. The smallest absolute Gasteiger partial charge is 0.291 e. The number of aryl methyl sites for hydroxylation is 1. The van der Waals surface area contributed by atoms with E-state index in [0.717, 1.165) is 22.8 Å². The molecular formula is C22H16N6O4S. The standard InChI is InChI=1S/C22H16N6O4S/c1-2-19-24-25-22-27(19)26-21(33-22)13-6-5-7-14(12-13)23-20(29)18-11-10-17(32-18)15-8-3-4-9-16(15)28(30)31/h3-12H,2H2,1H3,(H,23,29). The van der Waals surface area contributed by atoms with Crippen molar-refractivity contribution >= 4 is 33.6 Å². The van der Waals surface area contributed by atoms with Crippen molar-refractivity contribution in [3.05, 3.63) is 82.4 Å². The van der Waals surface area contributed by atoms with Crippen molar-refractivity contribution in [2.75, 3.05) is 5.32 Å². The third kappa shape index (κ3) is 3.85. The van der Waals surface area contributed by atoms with Crippen LogP contribution in [0, 0.1) is 10.1 Å². The molecular weight excluding hydrogens is 444 g/mol. The van der Waals surface area contributed by atoms with Gasteiger partial charge in [-0.3, -0.25) is 14.9 Å². The molecule has 33 heavy (non-hydrogen) atoms. The third-order valence-electron chi connectivity index (χ3n) is 4.94. The Labute approximate surface area is 190 Å². The summed E-state index contributed by atoms with van der Waals surface area (Å²) in [5.41, 5.74) is 1.59. The van der Waals surface area contributed by atoms with E-state index in [2.05, 4.69) is 20.6 Å². The van der Waals surface area contributed by atoms with Crippen molar-refractivity contribution in [3.8, 4) is 21.9 Å². The molecule has 164 valence electrons. The maximum absolute atomic E-state index is 12.7. The van der Waals surface area contributed by atoms with Crippen LogP contribution in [0.15, 0.2) is 65.1 Å². The number of carbonyl (C=O) groups is 1. The molecule has 0 atom stereocenters. The lowest BCUT2D eigenvalue weighted by atomic mass is 10.1. The number of hydrogen-bond acceptors (Lipinski definition) is 8. The fourth-order valence-corrected chi connectivity index (χ4v) is 4.22. The van der Waals surface area contributed by atoms with Crippen LogP contribution in [0.4, 0.5) is 11.4 Å². The second-order valence-electron chi connectivity index (χ2n) is 7.04. The Morgan fingerprint density at radius 2 is 2.00 bits per heavy atom. The SMILES string of the molecule is CCc1nnc2sc(-c3cccc(NC(=O)c4ccc(-c5ccccc5[N+](=O)[O-])o4)c3)nn12. The zero-order valence-corrected chi connectivity index (χ0v) is 18.1. The predicted molar refractivity (Wildman–Crippen MR) is 122 cm³/mol. The maximum Gasteiger partial charge on any atom is 0.291 e. The molecule has 0 unspecified atom stereocenters. The van der Waals surface area contributed by atoms with Crippen LogP contribution < -0.4 is 5.32 Å². The molecule has 0 bridgehead atoms. The van der Waals surface area contributed by atoms with Gasteiger partial charge in [0, 0.05) is 23.7 Å². The van der Waals surface area contributed by atoms with Gasteiger partial charge in [-0.1, -0.05) is 42.5 Å². The van der Waals surface area contributed by atoms with Gasteiger partial charge in [0.05, 0.1) is 10.5 Å². The first-order valence-corrected chi connectivity index (χ1v) is 10.8. The number of nitro groups is 1. The van der Waals surface area contributed by atoms with Crippen molar-refractivity contribution in [3.63, 3.8) is 0 Å². The Morgan fingerprint density at radius 3 is 2.82 bits per heavy atom. The van der Waals surface area contributed by atoms with Gasteiger partial charge in [0.15, 0.2) is 11.6 Å². The highest BCUT2D eigenvalue weighted by Crippen LogP contribution is 2.31. The van der Waals surface area contributed by atoms with E-state index in [-0.39, 0.29) is 17.2 Å². The zero-order chi connectivity index (χ0) is 22.9. The molecule has 1 amide bonds. The summed E-state index contributed by atoms with van der Waals surface area (Å²) in [6.45, 7) is 1.99. The normalized spacial score (nSPS) is 11.1. The number of rotatable bonds is 6. The van der Waals surface area contributed by atoms with Gasteiger partial charge in [-0.05, 0) is 30.3 Å². The van der Waals surface area contributed by atoms with Gasteiger partial charge in [-0.2, -0.15) is 9.61 Å². The van der Waals surface area contributed by atoms with E-state index in [1.165, 1.54) is 23.5 Å². The summed E-state index contributed by atoms with van der Waals surface area (Å²) in [5, 5.41) is 27.6. The molecule has 0 fully saturated rings. The number of anilines is 1. The van der Waals surface area contributed by atoms with E-state index in [0.29, 0.717) is 16.2 Å². The number of hydrogen-bond donors (Lipinski definition) is 1. The minimum atomic E-state index is -0.488. The molecule has 0 aliphatic rings. The van der Waals surface area contributed by atoms with Crippen LogP contribution in [0.3, 0.4) is 0 Å². The largest absolute Gasteiger partial charge is 0.451 e. The highest BCUT2D eigenvalue weighted by Gasteiger charge is 2.19. The number of aromatic nitrogens is 4. The van der Waals surface area contributed by atoms with Gasteiger partial charge in [0.2, 0.25) is 4.96 Å². The molecule has 10 nitrogen and oxygen atoms in total. The fourth-order valence-electron chi connectivity index (χ4n) is 3.36. The second-order valence-corrected chi connectivity index (χ2v) is 8.00. The van der Waals surface area contributed by atoms with E-state index >= 15 is 0 Å². The van der Waals surface area contributed by atoms with Gasteiger partial charge in [-0.25, -0.2) is 0 Å². The van der Waals surface area contributed by atoms with Crippen molar-refractivity contribution in [2.24, 2.45) is 0 Å². The van der Waals surface area contributed by atoms with E-state index in [9.17, 15) is 14.9 Å². The van der Waals surface area contributed by atoms with Crippen LogP contribution in [-0.2, 0) is 6.42 Å². The average molecular weight is 460 g/mol. The zero-order valence-electron chi connectivity index (χ0n) is 17.3. The second kappa shape index (κ2) is 8.28. The van der Waals surface area contributed by atoms with Crippen molar-refractivity contribution < 1.29 is 14.1 Å². The first kappa shape index (κ1) is 20.5. The van der Waals surface area contributed by atoms with Crippen LogP contribution in [0.1, 0.15) is 23.3 Å². The molecule has 3 aromatic heterocycles. The number of amides is 1. The summed E-state index contributed by atoms with van der Waals surface area (Å²) in [5.74, 6) is 0.597. The summed E-state index contributed by atoms with van der Waals surface area (Å²) in [7, 11) is 0. The molecule has 0 aliphatic carbocycles. The van der Waals surface area contributed by atoms with E-state index in [4.69, 9.17) is 4.42 Å². The maximum atomic E-state index is 12.7. The topological polar surface area (TPSA) is 128 Å². The highest BCUT2D eigenvalue weighted by molar-refractivity contribution is 7.19. The summed E-state index contributed by atoms with van der Waals surface area (Å²) in [4.78, 5) is 24.2. The summed E-state index contributed by atoms with van der Waals surface area (Å²) >= 11 is 1.41. The van der Waals surface area contributed by atoms with Crippen molar-refractivity contribution in [1.82, 2.24) is 19.8 Å². The number of furan rings is 1. The van der Waals surface area contributed by atoms with E-state index in [1.807, 2.05) is 19.1 Å². The molecule has 0 radical (unpaired) electrons. The van der Waals surface area contributed by atoms with Gasteiger partial charge in [-0.15, -0.1) is 10.2 Å². The summed E-state index contributed by atoms with van der Waals surface area (Å²) in [6, 6.07) is 16.5. The van der Waals surface area contributed by atoms with Gasteiger partial charge in [0.25, 0.3) is 11.6 Å². The molecule has 5 aromatic rings.